The van der Waals surface area contributed by atoms with E-state index in [1.165, 1.54) is 36.7 Å². The number of amides is 1. The molecule has 0 aliphatic carbocycles. The Morgan fingerprint density at radius 2 is 1.78 bits per heavy atom. The monoisotopic (exact) mass is 451 g/mol. The van der Waals surface area contributed by atoms with E-state index >= 15 is 0 Å². The number of alkyl halides is 2. The number of nitrogens with one attached hydrogen (secondary N) is 1. The number of benzene rings is 2. The minimum atomic E-state index is -2.97. The molecule has 3 rings (SSSR count). The van der Waals surface area contributed by atoms with Gasteiger partial charge in [-0.05, 0) is 42.0 Å². The Bertz CT molecular complexity index is 1230. The van der Waals surface area contributed by atoms with Crippen molar-refractivity contribution in [1.82, 2.24) is 15.3 Å². The average Bonchev–Trinajstić information content (AvgIpc) is 2.80. The van der Waals surface area contributed by atoms with Crippen molar-refractivity contribution in [2.75, 3.05) is 20.6 Å². The number of aliphatic hydroxyl groups excluding tert-OH is 1. The molecule has 0 radical (unpaired) electrons. The van der Waals surface area contributed by atoms with Gasteiger partial charge in [0.2, 0.25) is 0 Å². The number of rotatable bonds is 9. The summed E-state index contributed by atoms with van der Waals surface area (Å²) < 4.78 is 82.0. The topological polar surface area (TPSA) is 103 Å². The fourth-order valence-corrected chi connectivity index (χ4v) is 2.72. The van der Waals surface area contributed by atoms with Crippen molar-refractivity contribution in [3.63, 3.8) is 0 Å². The van der Waals surface area contributed by atoms with E-state index in [9.17, 15) is 18.7 Å². The molecule has 2 N–H and O–H groups in total. The molecule has 2 aromatic carbocycles. The molecule has 1 atom stereocenters. The predicted molar refractivity (Wildman–Crippen MR) is 111 cm³/mol. The number of hydrogen-bond acceptors (Lipinski definition) is 7. The molecular weight excluding hydrogens is 424 g/mol. The number of halogens is 2. The van der Waals surface area contributed by atoms with Gasteiger partial charge < -0.3 is 24.6 Å². The second-order valence-corrected chi connectivity index (χ2v) is 6.36. The molecule has 0 aliphatic rings. The van der Waals surface area contributed by atoms with Crippen molar-refractivity contribution in [2.45, 2.75) is 12.7 Å². The van der Waals surface area contributed by atoms with Gasteiger partial charge in [0, 0.05) is 18.2 Å². The maximum Gasteiger partial charge on any atom is 0.387 e. The van der Waals surface area contributed by atoms with Crippen LogP contribution >= 0.6 is 0 Å². The number of ether oxygens (including phenoxy) is 3. The highest BCUT2D eigenvalue weighted by Crippen LogP contribution is 2.26. The lowest BCUT2D eigenvalue weighted by Crippen LogP contribution is -2.29. The van der Waals surface area contributed by atoms with Crippen LogP contribution in [0.4, 0.5) is 8.78 Å². The number of nitrogens with zero attached hydrogens (tertiary/aromatic N) is 2. The van der Waals surface area contributed by atoms with Crippen molar-refractivity contribution in [3.8, 4) is 28.5 Å². The zero-order valence-electron chi connectivity index (χ0n) is 22.3. The molecule has 32 heavy (non-hydrogen) atoms. The minimum Gasteiger partial charge on any atom is -0.497 e. The second kappa shape index (κ2) is 10.5. The smallest absolute Gasteiger partial charge is 0.387 e. The van der Waals surface area contributed by atoms with Gasteiger partial charge in [-0.3, -0.25) is 9.78 Å². The zero-order valence-corrected chi connectivity index (χ0v) is 16.3. The van der Waals surface area contributed by atoms with Crippen LogP contribution in [0.25, 0.3) is 11.3 Å². The largest absolute Gasteiger partial charge is 0.497 e. The molecule has 0 saturated heterocycles. The summed E-state index contributed by atoms with van der Waals surface area (Å²) in [5.41, 5.74) is 0.634. The van der Waals surface area contributed by atoms with E-state index in [4.69, 9.17) is 17.7 Å². The van der Waals surface area contributed by atoms with Gasteiger partial charge in [-0.15, -0.1) is 0 Å². The van der Waals surface area contributed by atoms with Gasteiger partial charge >= 0.3 is 6.61 Å². The van der Waals surface area contributed by atoms with Crippen molar-refractivity contribution in [3.05, 3.63) is 66.1 Å². The Hall–Kier alpha value is -3.79. The van der Waals surface area contributed by atoms with Crippen LogP contribution in [0, 0.1) is 0 Å². The molecule has 8 nitrogen and oxygen atoms in total. The van der Waals surface area contributed by atoms with Gasteiger partial charge in [0.15, 0.2) is 0 Å². The quantitative estimate of drug-likeness (QED) is 0.515. The Labute approximate surface area is 191 Å². The molecule has 0 aliphatic heterocycles. The van der Waals surface area contributed by atoms with Gasteiger partial charge in [-0.25, -0.2) is 4.98 Å². The van der Waals surface area contributed by atoms with E-state index in [1.807, 2.05) is 0 Å². The average molecular weight is 451 g/mol. The number of aliphatic hydroxyl groups is 1. The third-order valence-electron chi connectivity index (χ3n) is 4.22. The molecular formula is C22H21F2N3O5. The first kappa shape index (κ1) is 15.9. The molecule has 0 spiro atoms. The van der Waals surface area contributed by atoms with Gasteiger partial charge in [-0.1, -0.05) is 0 Å². The summed E-state index contributed by atoms with van der Waals surface area (Å²) >= 11 is 0. The van der Waals surface area contributed by atoms with Crippen LogP contribution in [-0.4, -0.2) is 48.2 Å². The summed E-state index contributed by atoms with van der Waals surface area (Å²) in [6, 6.07) is 8.90. The van der Waals surface area contributed by atoms with Crippen LogP contribution in [0.2, 0.25) is 0 Å². The standard InChI is InChI=1S/C22H21F2N3O5/c1-30-16-7-14(8-17(9-16)31-2)20(28)12-26-21(29)19-11-25-10-18(27-19)13-3-5-15(6-4-13)32-22(23)24/h3-11,20,22,28H,12H2,1-2H3,(H,26,29)/t20-/m1/s1/i1D3,2D3. The Morgan fingerprint density at radius 3 is 2.41 bits per heavy atom. The van der Waals surface area contributed by atoms with Crippen LogP contribution in [0.1, 0.15) is 30.4 Å². The van der Waals surface area contributed by atoms with Crippen LogP contribution in [-0.2, 0) is 0 Å². The van der Waals surface area contributed by atoms with E-state index in [2.05, 4.69) is 20.0 Å². The van der Waals surface area contributed by atoms with Gasteiger partial charge in [-0.2, -0.15) is 8.78 Å². The summed E-state index contributed by atoms with van der Waals surface area (Å²) in [6.07, 6.45) is 1.11. The third-order valence-corrected chi connectivity index (χ3v) is 4.22. The highest BCUT2D eigenvalue weighted by Gasteiger charge is 2.15. The lowest BCUT2D eigenvalue weighted by molar-refractivity contribution is -0.0498. The summed E-state index contributed by atoms with van der Waals surface area (Å²) in [6.45, 7) is -3.35. The van der Waals surface area contributed by atoms with Gasteiger partial charge in [0.25, 0.3) is 5.91 Å². The van der Waals surface area contributed by atoms with Gasteiger partial charge in [0.05, 0.1) is 46.5 Å². The van der Waals surface area contributed by atoms with E-state index < -0.39 is 32.7 Å². The molecule has 0 fully saturated rings. The molecule has 1 heterocycles. The van der Waals surface area contributed by atoms with Crippen LogP contribution < -0.4 is 19.5 Å². The van der Waals surface area contributed by atoms with Gasteiger partial charge in [0.1, 0.15) is 22.9 Å². The molecule has 0 bridgehead atoms. The second-order valence-electron chi connectivity index (χ2n) is 6.36. The third kappa shape index (κ3) is 5.88. The number of carbonyl (C=O) groups is 1. The van der Waals surface area contributed by atoms with E-state index in [0.29, 0.717) is 5.56 Å². The fourth-order valence-electron chi connectivity index (χ4n) is 2.72. The maximum atomic E-state index is 12.6. The highest BCUT2D eigenvalue weighted by atomic mass is 19.3. The summed E-state index contributed by atoms with van der Waals surface area (Å²) in [5, 5.41) is 13.0. The molecule has 1 amide bonds. The molecule has 0 unspecified atom stereocenters. The molecule has 1 aromatic heterocycles. The van der Waals surface area contributed by atoms with Crippen molar-refractivity contribution in [1.29, 1.82) is 0 Å². The first-order valence-electron chi connectivity index (χ1n) is 12.0. The van der Waals surface area contributed by atoms with E-state index in [-0.39, 0.29) is 40.7 Å². The van der Waals surface area contributed by atoms with E-state index in [0.717, 1.165) is 18.2 Å². The van der Waals surface area contributed by atoms with E-state index in [1.54, 1.807) is 0 Å². The lowest BCUT2D eigenvalue weighted by Gasteiger charge is -2.15. The molecule has 10 heteroatoms. The highest BCUT2D eigenvalue weighted by molar-refractivity contribution is 5.92. The Kier molecular flexibility index (Phi) is 5.22. The first-order valence-corrected chi connectivity index (χ1v) is 9.05. The van der Waals surface area contributed by atoms with Crippen LogP contribution in [0.15, 0.2) is 54.9 Å². The summed E-state index contributed by atoms with van der Waals surface area (Å²) in [7, 11) is -5.70. The number of carbonyl (C=O) groups excluding carboxylic acids is 1. The maximum absolute atomic E-state index is 12.6. The first-order chi connectivity index (χ1) is 17.7. The predicted octanol–water partition coefficient (Wildman–Crippen LogP) is 3.23. The lowest BCUT2D eigenvalue weighted by atomic mass is 10.1. The SMILES string of the molecule is [2H]C([2H])([2H])Oc1cc(OC([2H])([2H])[2H])cc([C@H](O)CNC(=O)c2cncc(-c3ccc(OC(F)F)cc3)n2)c1. The fraction of sp³-hybridized carbons (Fsp3) is 0.227. The summed E-state index contributed by atoms with van der Waals surface area (Å²) in [5.74, 6) is -1.34. The summed E-state index contributed by atoms with van der Waals surface area (Å²) in [4.78, 5) is 20.8. The van der Waals surface area contributed by atoms with Crippen molar-refractivity contribution in [2.24, 2.45) is 0 Å². The van der Waals surface area contributed by atoms with Crippen LogP contribution in [0.3, 0.4) is 0 Å². The van der Waals surface area contributed by atoms with Crippen LogP contribution in [0.5, 0.6) is 17.2 Å². The Balaban J connectivity index is 1.72. The van der Waals surface area contributed by atoms with Crippen molar-refractivity contribution < 1.29 is 41.1 Å². The number of methoxy groups -OCH3 is 2. The Morgan fingerprint density at radius 1 is 1.09 bits per heavy atom. The number of hydrogen-bond donors (Lipinski definition) is 2. The molecule has 3 aromatic rings. The van der Waals surface area contributed by atoms with Crippen molar-refractivity contribution >= 4 is 5.91 Å². The molecule has 168 valence electrons. The number of aromatic nitrogens is 2. The zero-order chi connectivity index (χ0) is 28.1. The normalized spacial score (nSPS) is 15.2. The minimum absolute atomic E-state index is 0.0113. The molecule has 0 saturated carbocycles.